The topological polar surface area (TPSA) is 50.7 Å². The lowest BCUT2D eigenvalue weighted by molar-refractivity contribution is -0.115. The molecule has 1 amide bonds. The minimum Gasteiger partial charge on any atom is -0.381 e. The van der Waals surface area contributed by atoms with E-state index >= 15 is 0 Å². The lowest BCUT2D eigenvalue weighted by atomic mass is 9.99. The molecule has 1 fully saturated rings. The zero-order chi connectivity index (χ0) is 12.4. The Kier molecular flexibility index (Phi) is 3.25. The van der Waals surface area contributed by atoms with Crippen molar-refractivity contribution in [2.45, 2.75) is 12.8 Å². The third-order valence-electron chi connectivity index (χ3n) is 3.15. The van der Waals surface area contributed by atoms with Crippen LogP contribution < -0.4 is 5.32 Å². The Morgan fingerprint density at radius 3 is 3.00 bits per heavy atom. The number of nitrogens with one attached hydrogen (secondary N) is 1. The van der Waals surface area contributed by atoms with Crippen LogP contribution in [0.1, 0.15) is 17.7 Å². The van der Waals surface area contributed by atoms with E-state index in [1.54, 1.807) is 11.3 Å². The maximum absolute atomic E-state index is 11.8. The van der Waals surface area contributed by atoms with Crippen molar-refractivity contribution in [3.05, 3.63) is 28.1 Å². The van der Waals surface area contributed by atoms with Gasteiger partial charge in [-0.05, 0) is 30.4 Å². The van der Waals surface area contributed by atoms with Crippen LogP contribution in [0.15, 0.2) is 28.2 Å². The fourth-order valence-corrected chi connectivity index (χ4v) is 2.81. The lowest BCUT2D eigenvalue weighted by Crippen LogP contribution is -2.33. The van der Waals surface area contributed by atoms with Crippen molar-refractivity contribution in [3.63, 3.8) is 0 Å². The van der Waals surface area contributed by atoms with Crippen molar-refractivity contribution < 1.29 is 9.53 Å². The van der Waals surface area contributed by atoms with Crippen molar-refractivity contribution >= 4 is 29.2 Å². The first-order chi connectivity index (χ1) is 8.83. The molecule has 0 aromatic carbocycles. The van der Waals surface area contributed by atoms with Gasteiger partial charge in [-0.2, -0.15) is 0 Å². The maximum Gasteiger partial charge on any atom is 0.275 e. The van der Waals surface area contributed by atoms with E-state index in [9.17, 15) is 4.79 Å². The van der Waals surface area contributed by atoms with Crippen molar-refractivity contribution in [2.24, 2.45) is 10.9 Å². The van der Waals surface area contributed by atoms with E-state index in [1.807, 2.05) is 23.6 Å². The van der Waals surface area contributed by atoms with Crippen LogP contribution in [0.5, 0.6) is 0 Å². The van der Waals surface area contributed by atoms with Crippen LogP contribution in [0.2, 0.25) is 0 Å². The molecule has 0 atom stereocenters. The van der Waals surface area contributed by atoms with Crippen molar-refractivity contribution in [1.29, 1.82) is 0 Å². The van der Waals surface area contributed by atoms with Crippen LogP contribution in [-0.2, 0) is 9.53 Å². The molecule has 0 aliphatic carbocycles. The van der Waals surface area contributed by atoms with Gasteiger partial charge in [-0.15, -0.1) is 11.3 Å². The second-order valence-corrected chi connectivity index (χ2v) is 5.36. The average molecular weight is 262 g/mol. The molecular formula is C13H14N2O2S. The molecule has 94 valence electrons. The minimum atomic E-state index is -0.0927. The highest BCUT2D eigenvalue weighted by atomic mass is 32.1. The molecule has 1 N–H and O–H groups in total. The SMILES string of the molecule is O=C1NC(C2CCOCC2)=N/C1=C/c1cccs1. The predicted octanol–water partition coefficient (Wildman–Crippen LogP) is 2.04. The molecule has 4 nitrogen and oxygen atoms in total. The smallest absolute Gasteiger partial charge is 0.275 e. The van der Waals surface area contributed by atoms with Crippen molar-refractivity contribution in [2.75, 3.05) is 13.2 Å². The van der Waals surface area contributed by atoms with E-state index in [0.29, 0.717) is 11.6 Å². The van der Waals surface area contributed by atoms with E-state index in [-0.39, 0.29) is 5.91 Å². The number of rotatable bonds is 2. The number of carbonyl (C=O) groups is 1. The number of ether oxygens (including phenoxy) is 1. The maximum atomic E-state index is 11.8. The van der Waals surface area contributed by atoms with Gasteiger partial charge in [0, 0.05) is 24.0 Å². The molecule has 18 heavy (non-hydrogen) atoms. The van der Waals surface area contributed by atoms with Gasteiger partial charge >= 0.3 is 0 Å². The summed E-state index contributed by atoms with van der Waals surface area (Å²) < 4.78 is 5.32. The highest BCUT2D eigenvalue weighted by molar-refractivity contribution is 7.10. The van der Waals surface area contributed by atoms with Crippen LogP contribution >= 0.6 is 11.3 Å². The molecule has 2 aliphatic heterocycles. The zero-order valence-corrected chi connectivity index (χ0v) is 10.7. The zero-order valence-electron chi connectivity index (χ0n) is 9.89. The molecule has 0 bridgehead atoms. The molecular weight excluding hydrogens is 248 g/mol. The van der Waals surface area contributed by atoms with Gasteiger partial charge in [0.15, 0.2) is 0 Å². The molecule has 5 heteroatoms. The van der Waals surface area contributed by atoms with Gasteiger partial charge < -0.3 is 10.1 Å². The second kappa shape index (κ2) is 5.04. The quantitative estimate of drug-likeness (QED) is 0.829. The molecule has 3 rings (SSSR count). The van der Waals surface area contributed by atoms with E-state index in [0.717, 1.165) is 36.8 Å². The Morgan fingerprint density at radius 2 is 2.28 bits per heavy atom. The summed E-state index contributed by atoms with van der Waals surface area (Å²) in [6.07, 6.45) is 3.71. The van der Waals surface area contributed by atoms with Gasteiger partial charge in [0.2, 0.25) is 0 Å². The van der Waals surface area contributed by atoms with Crippen LogP contribution in [0, 0.1) is 5.92 Å². The third kappa shape index (κ3) is 2.37. The van der Waals surface area contributed by atoms with E-state index < -0.39 is 0 Å². The molecule has 0 unspecified atom stereocenters. The Morgan fingerprint density at radius 1 is 1.44 bits per heavy atom. The Labute approximate surface area is 109 Å². The van der Waals surface area contributed by atoms with Gasteiger partial charge in [-0.1, -0.05) is 6.07 Å². The number of thiophene rings is 1. The summed E-state index contributed by atoms with van der Waals surface area (Å²) in [4.78, 5) is 17.3. The summed E-state index contributed by atoms with van der Waals surface area (Å²) in [7, 11) is 0. The number of aliphatic imine (C=N–C) groups is 1. The first kappa shape index (κ1) is 11.6. The second-order valence-electron chi connectivity index (χ2n) is 4.38. The van der Waals surface area contributed by atoms with Gasteiger partial charge in [0.05, 0.1) is 0 Å². The fraction of sp³-hybridized carbons (Fsp3) is 0.385. The Bertz CT molecular complexity index is 499. The number of nitrogens with zero attached hydrogens (tertiary/aromatic N) is 1. The molecule has 0 spiro atoms. The van der Waals surface area contributed by atoms with E-state index in [1.165, 1.54) is 0 Å². The van der Waals surface area contributed by atoms with Gasteiger partial charge in [0.25, 0.3) is 5.91 Å². The summed E-state index contributed by atoms with van der Waals surface area (Å²) in [5.41, 5.74) is 0.513. The highest BCUT2D eigenvalue weighted by Gasteiger charge is 2.27. The molecule has 2 aliphatic rings. The normalized spacial score (nSPS) is 23.2. The largest absolute Gasteiger partial charge is 0.381 e. The molecule has 3 heterocycles. The van der Waals surface area contributed by atoms with Gasteiger partial charge in [0.1, 0.15) is 11.5 Å². The third-order valence-corrected chi connectivity index (χ3v) is 3.96. The first-order valence-corrected chi connectivity index (χ1v) is 6.94. The number of amidine groups is 1. The molecule has 0 saturated carbocycles. The minimum absolute atomic E-state index is 0.0927. The van der Waals surface area contributed by atoms with Gasteiger partial charge in [-0.25, -0.2) is 4.99 Å². The number of carbonyl (C=O) groups excluding carboxylic acids is 1. The van der Waals surface area contributed by atoms with Crippen LogP contribution in [0.4, 0.5) is 0 Å². The summed E-state index contributed by atoms with van der Waals surface area (Å²) in [6, 6.07) is 3.94. The van der Waals surface area contributed by atoms with Gasteiger partial charge in [-0.3, -0.25) is 4.79 Å². The predicted molar refractivity (Wildman–Crippen MR) is 71.4 cm³/mol. The number of hydrogen-bond donors (Lipinski definition) is 1. The molecule has 0 radical (unpaired) electrons. The monoisotopic (exact) mass is 262 g/mol. The molecule has 1 aromatic rings. The lowest BCUT2D eigenvalue weighted by Gasteiger charge is -2.21. The van der Waals surface area contributed by atoms with Crippen LogP contribution in [0.25, 0.3) is 6.08 Å². The van der Waals surface area contributed by atoms with E-state index in [4.69, 9.17) is 4.74 Å². The van der Waals surface area contributed by atoms with Crippen molar-refractivity contribution in [1.82, 2.24) is 5.32 Å². The van der Waals surface area contributed by atoms with Crippen LogP contribution in [-0.4, -0.2) is 25.0 Å². The molecule has 1 saturated heterocycles. The average Bonchev–Trinajstić information content (AvgIpc) is 3.02. The summed E-state index contributed by atoms with van der Waals surface area (Å²) in [5, 5.41) is 4.87. The Balaban J connectivity index is 1.80. The van der Waals surface area contributed by atoms with E-state index in [2.05, 4.69) is 10.3 Å². The number of hydrogen-bond acceptors (Lipinski definition) is 4. The highest BCUT2D eigenvalue weighted by Crippen LogP contribution is 2.22. The number of amides is 1. The summed E-state index contributed by atoms with van der Waals surface area (Å²) >= 11 is 1.60. The van der Waals surface area contributed by atoms with Crippen LogP contribution in [0.3, 0.4) is 0 Å². The van der Waals surface area contributed by atoms with Crippen molar-refractivity contribution in [3.8, 4) is 0 Å². The Hall–Kier alpha value is -1.46. The summed E-state index contributed by atoms with van der Waals surface area (Å²) in [5.74, 6) is 1.05. The standard InChI is InChI=1S/C13H14N2O2S/c16-13-11(8-10-2-1-7-18-10)14-12(15-13)9-3-5-17-6-4-9/h1-2,7-9H,3-6H2,(H,14,15,16)/b11-8+. The fourth-order valence-electron chi connectivity index (χ4n) is 2.16. The molecule has 1 aromatic heterocycles. The summed E-state index contributed by atoms with van der Waals surface area (Å²) in [6.45, 7) is 1.51. The first-order valence-electron chi connectivity index (χ1n) is 6.06.